The Morgan fingerprint density at radius 2 is 1.79 bits per heavy atom. The summed E-state index contributed by atoms with van der Waals surface area (Å²) in [7, 11) is 0. The minimum atomic E-state index is -2.70. The van der Waals surface area contributed by atoms with E-state index in [2.05, 4.69) is 20.5 Å². The van der Waals surface area contributed by atoms with Crippen molar-refractivity contribution in [3.8, 4) is 11.3 Å². The third-order valence-corrected chi connectivity index (χ3v) is 5.99. The van der Waals surface area contributed by atoms with E-state index in [9.17, 15) is 13.6 Å². The summed E-state index contributed by atoms with van der Waals surface area (Å²) in [5.41, 5.74) is 3.18. The summed E-state index contributed by atoms with van der Waals surface area (Å²) in [5, 5.41) is 12.4. The number of carbonyl (C=O) groups is 1. The third-order valence-electron chi connectivity index (χ3n) is 5.44. The van der Waals surface area contributed by atoms with Gasteiger partial charge in [-0.1, -0.05) is 41.9 Å². The molecule has 3 heterocycles. The quantitative estimate of drug-likeness (QED) is 0.425. The van der Waals surface area contributed by atoms with Gasteiger partial charge in [0.2, 0.25) is 5.91 Å². The molecule has 0 aliphatic carbocycles. The molecule has 1 aromatic carbocycles. The predicted octanol–water partition coefficient (Wildman–Crippen LogP) is 4.63. The fraction of sp³-hybridized carbons (Fsp3) is 0.304. The molecule has 0 atom stereocenters. The van der Waals surface area contributed by atoms with Crippen molar-refractivity contribution < 1.29 is 13.6 Å². The number of halogens is 3. The third kappa shape index (κ3) is 4.59. The molecule has 0 unspecified atom stereocenters. The standard InChI is InChI=1S/C23H23ClF2N6O/c1-13-20-17(22(25)26)11-18(16-7-5-4-6-8-16)28-23(20)32(29-13)12-19(33)27-9-10-31-15(3)21(24)14(2)30-31/h4-8,11,22H,9-10,12H2,1-3H3,(H,27,33). The van der Waals surface area contributed by atoms with E-state index in [4.69, 9.17) is 11.6 Å². The van der Waals surface area contributed by atoms with Crippen molar-refractivity contribution in [1.29, 1.82) is 0 Å². The highest BCUT2D eigenvalue weighted by Crippen LogP contribution is 2.33. The number of hydrogen-bond acceptors (Lipinski definition) is 4. The number of nitrogens with one attached hydrogen (secondary N) is 1. The normalized spacial score (nSPS) is 11.5. The molecular formula is C23H23ClF2N6O. The van der Waals surface area contributed by atoms with Crippen molar-refractivity contribution in [2.45, 2.75) is 40.3 Å². The molecule has 3 aromatic heterocycles. The monoisotopic (exact) mass is 472 g/mol. The highest BCUT2D eigenvalue weighted by Gasteiger charge is 2.22. The maximum Gasteiger partial charge on any atom is 0.264 e. The topological polar surface area (TPSA) is 77.6 Å². The summed E-state index contributed by atoms with van der Waals surface area (Å²) in [5.74, 6) is -0.308. The largest absolute Gasteiger partial charge is 0.353 e. The van der Waals surface area contributed by atoms with Crippen LogP contribution in [0.5, 0.6) is 0 Å². The summed E-state index contributed by atoms with van der Waals surface area (Å²) < 4.78 is 30.9. The van der Waals surface area contributed by atoms with Crippen molar-refractivity contribution >= 4 is 28.5 Å². The summed E-state index contributed by atoms with van der Waals surface area (Å²) in [6.07, 6.45) is -2.70. The number of amides is 1. The van der Waals surface area contributed by atoms with E-state index in [1.165, 1.54) is 10.7 Å². The van der Waals surface area contributed by atoms with E-state index in [0.717, 1.165) is 11.4 Å². The van der Waals surface area contributed by atoms with E-state index in [-0.39, 0.29) is 29.0 Å². The smallest absolute Gasteiger partial charge is 0.264 e. The average molecular weight is 473 g/mol. The number of pyridine rings is 1. The van der Waals surface area contributed by atoms with Crippen molar-refractivity contribution in [3.05, 3.63) is 64.1 Å². The van der Waals surface area contributed by atoms with Crippen molar-refractivity contribution in [3.63, 3.8) is 0 Å². The number of hydrogen-bond donors (Lipinski definition) is 1. The van der Waals surface area contributed by atoms with Crippen LogP contribution in [0.2, 0.25) is 5.02 Å². The van der Waals surface area contributed by atoms with Crippen LogP contribution < -0.4 is 5.32 Å². The number of alkyl halides is 2. The molecule has 172 valence electrons. The lowest BCUT2D eigenvalue weighted by atomic mass is 10.1. The van der Waals surface area contributed by atoms with Gasteiger partial charge in [0.05, 0.1) is 39.7 Å². The van der Waals surface area contributed by atoms with Gasteiger partial charge in [-0.05, 0) is 26.8 Å². The second kappa shape index (κ2) is 9.27. The number of carbonyl (C=O) groups excluding carboxylic acids is 1. The Bertz CT molecular complexity index is 1320. The number of fused-ring (bicyclic) bond motifs is 1. The molecule has 1 amide bonds. The van der Waals surface area contributed by atoms with Gasteiger partial charge in [-0.15, -0.1) is 0 Å². The SMILES string of the molecule is Cc1nn(CCNC(=O)Cn2nc(C)c3c(C(F)F)cc(-c4ccccc4)nc32)c(C)c1Cl. The van der Waals surface area contributed by atoms with Crippen LogP contribution in [0.25, 0.3) is 22.3 Å². The lowest BCUT2D eigenvalue weighted by molar-refractivity contribution is -0.121. The average Bonchev–Trinajstić information content (AvgIpc) is 3.24. The van der Waals surface area contributed by atoms with Gasteiger partial charge in [0.15, 0.2) is 5.65 Å². The first-order valence-electron chi connectivity index (χ1n) is 10.4. The van der Waals surface area contributed by atoms with Gasteiger partial charge in [-0.3, -0.25) is 9.48 Å². The van der Waals surface area contributed by atoms with Gasteiger partial charge in [-0.2, -0.15) is 10.2 Å². The first-order chi connectivity index (χ1) is 15.8. The Morgan fingerprint density at radius 1 is 1.09 bits per heavy atom. The molecule has 33 heavy (non-hydrogen) atoms. The lowest BCUT2D eigenvalue weighted by Crippen LogP contribution is -2.31. The molecule has 0 radical (unpaired) electrons. The second-order valence-electron chi connectivity index (χ2n) is 7.76. The molecule has 4 rings (SSSR count). The molecule has 0 bridgehead atoms. The van der Waals surface area contributed by atoms with Crippen LogP contribution in [0.4, 0.5) is 8.78 Å². The summed E-state index contributed by atoms with van der Waals surface area (Å²) in [6, 6.07) is 10.5. The molecule has 0 saturated carbocycles. The zero-order valence-corrected chi connectivity index (χ0v) is 19.2. The summed E-state index contributed by atoms with van der Waals surface area (Å²) >= 11 is 6.15. The van der Waals surface area contributed by atoms with Gasteiger partial charge in [-0.25, -0.2) is 18.4 Å². The minimum Gasteiger partial charge on any atom is -0.353 e. The number of aromatic nitrogens is 5. The van der Waals surface area contributed by atoms with Crippen molar-refractivity contribution in [1.82, 2.24) is 29.9 Å². The molecule has 0 aliphatic rings. The van der Waals surface area contributed by atoms with Crippen molar-refractivity contribution in [2.75, 3.05) is 6.54 Å². The molecule has 0 spiro atoms. The number of aryl methyl sites for hydroxylation is 2. The first kappa shape index (κ1) is 22.8. The molecular weight excluding hydrogens is 450 g/mol. The Labute approximate surface area is 194 Å². The van der Waals surface area contributed by atoms with Crippen molar-refractivity contribution in [2.24, 2.45) is 0 Å². The van der Waals surface area contributed by atoms with E-state index >= 15 is 0 Å². The van der Waals surface area contributed by atoms with Gasteiger partial charge >= 0.3 is 0 Å². The van der Waals surface area contributed by atoms with Crippen LogP contribution in [0.3, 0.4) is 0 Å². The summed E-state index contributed by atoms with van der Waals surface area (Å²) in [6.45, 7) is 5.96. The highest BCUT2D eigenvalue weighted by molar-refractivity contribution is 6.31. The number of rotatable bonds is 7. The molecule has 1 N–H and O–H groups in total. The van der Waals surface area contributed by atoms with Gasteiger partial charge in [0.1, 0.15) is 6.54 Å². The Balaban J connectivity index is 1.57. The van der Waals surface area contributed by atoms with Crippen LogP contribution in [-0.4, -0.2) is 37.0 Å². The van der Waals surface area contributed by atoms with Crippen LogP contribution in [-0.2, 0) is 17.9 Å². The van der Waals surface area contributed by atoms with Gasteiger partial charge in [0, 0.05) is 17.7 Å². The molecule has 0 saturated heterocycles. The van der Waals surface area contributed by atoms with Crippen LogP contribution in [0.15, 0.2) is 36.4 Å². The van der Waals surface area contributed by atoms with Gasteiger partial charge < -0.3 is 5.32 Å². The second-order valence-corrected chi connectivity index (χ2v) is 8.14. The molecule has 0 aliphatic heterocycles. The Hall–Kier alpha value is -3.33. The molecule has 10 heteroatoms. The Morgan fingerprint density at radius 3 is 2.42 bits per heavy atom. The zero-order chi connectivity index (χ0) is 23.7. The number of benzene rings is 1. The van der Waals surface area contributed by atoms with E-state index in [0.29, 0.717) is 35.1 Å². The van der Waals surface area contributed by atoms with Gasteiger partial charge in [0.25, 0.3) is 6.43 Å². The molecule has 7 nitrogen and oxygen atoms in total. The fourth-order valence-electron chi connectivity index (χ4n) is 3.81. The summed E-state index contributed by atoms with van der Waals surface area (Å²) in [4.78, 5) is 17.2. The van der Waals surface area contributed by atoms with Crippen LogP contribution >= 0.6 is 11.6 Å². The maximum absolute atomic E-state index is 13.9. The van der Waals surface area contributed by atoms with E-state index in [1.54, 1.807) is 23.7 Å². The van der Waals surface area contributed by atoms with Crippen LogP contribution in [0, 0.1) is 20.8 Å². The number of nitrogens with zero attached hydrogens (tertiary/aromatic N) is 5. The molecule has 0 fully saturated rings. The van der Waals surface area contributed by atoms with E-state index in [1.807, 2.05) is 32.0 Å². The fourth-order valence-corrected chi connectivity index (χ4v) is 3.95. The molecule has 4 aromatic rings. The van der Waals surface area contributed by atoms with Crippen LogP contribution in [0.1, 0.15) is 29.1 Å². The lowest BCUT2D eigenvalue weighted by Gasteiger charge is -2.10. The Kier molecular flexibility index (Phi) is 6.42. The maximum atomic E-state index is 13.9. The highest BCUT2D eigenvalue weighted by atomic mass is 35.5. The minimum absolute atomic E-state index is 0.143. The van der Waals surface area contributed by atoms with E-state index < -0.39 is 6.43 Å². The zero-order valence-electron chi connectivity index (χ0n) is 18.4. The first-order valence-corrected chi connectivity index (χ1v) is 10.8. The predicted molar refractivity (Wildman–Crippen MR) is 122 cm³/mol.